The number of halogens is 1. The summed E-state index contributed by atoms with van der Waals surface area (Å²) in [5.74, 6) is 0.281. The van der Waals surface area contributed by atoms with E-state index in [4.69, 9.17) is 16.3 Å². The van der Waals surface area contributed by atoms with Gasteiger partial charge in [0.25, 0.3) is 0 Å². The first-order valence-corrected chi connectivity index (χ1v) is 6.05. The van der Waals surface area contributed by atoms with Gasteiger partial charge < -0.3 is 4.74 Å². The SMILES string of the molecule is CC(C)OC(=O)Nc1ccc(Cl)cc1C(C)C. The molecular formula is C13H18ClNO2. The number of carbonyl (C=O) groups is 1. The first-order valence-electron chi connectivity index (χ1n) is 5.67. The molecule has 0 bridgehead atoms. The van der Waals surface area contributed by atoms with Crippen LogP contribution in [0.15, 0.2) is 18.2 Å². The molecule has 0 aliphatic carbocycles. The van der Waals surface area contributed by atoms with Gasteiger partial charge in [0.2, 0.25) is 0 Å². The molecule has 0 unspecified atom stereocenters. The van der Waals surface area contributed by atoms with E-state index in [-0.39, 0.29) is 12.0 Å². The van der Waals surface area contributed by atoms with Crippen LogP contribution in [0.1, 0.15) is 39.2 Å². The minimum absolute atomic E-state index is 0.134. The van der Waals surface area contributed by atoms with Crippen LogP contribution < -0.4 is 5.32 Å². The van der Waals surface area contributed by atoms with Gasteiger partial charge in [-0.2, -0.15) is 0 Å². The van der Waals surface area contributed by atoms with Crippen LogP contribution in [-0.2, 0) is 4.74 Å². The number of amides is 1. The third kappa shape index (κ3) is 4.27. The zero-order valence-corrected chi connectivity index (χ0v) is 11.3. The lowest BCUT2D eigenvalue weighted by atomic mass is 10.0. The Bertz CT molecular complexity index is 402. The molecule has 1 aromatic rings. The molecule has 0 atom stereocenters. The zero-order chi connectivity index (χ0) is 13.0. The molecule has 4 heteroatoms. The van der Waals surface area contributed by atoms with E-state index in [9.17, 15) is 4.79 Å². The van der Waals surface area contributed by atoms with Crippen molar-refractivity contribution in [1.82, 2.24) is 0 Å². The maximum Gasteiger partial charge on any atom is 0.411 e. The first-order chi connectivity index (χ1) is 7.90. The van der Waals surface area contributed by atoms with Gasteiger partial charge in [0.1, 0.15) is 0 Å². The van der Waals surface area contributed by atoms with Crippen LogP contribution in [0.4, 0.5) is 10.5 Å². The summed E-state index contributed by atoms with van der Waals surface area (Å²) in [6, 6.07) is 5.40. The van der Waals surface area contributed by atoms with E-state index in [0.29, 0.717) is 5.02 Å². The molecule has 0 aliphatic heterocycles. The van der Waals surface area contributed by atoms with Crippen LogP contribution in [0.2, 0.25) is 5.02 Å². The molecule has 1 aromatic carbocycles. The van der Waals surface area contributed by atoms with Gasteiger partial charge >= 0.3 is 6.09 Å². The Morgan fingerprint density at radius 1 is 1.29 bits per heavy atom. The van der Waals surface area contributed by atoms with Gasteiger partial charge in [-0.25, -0.2) is 4.79 Å². The van der Waals surface area contributed by atoms with E-state index in [1.807, 2.05) is 33.8 Å². The number of hydrogen-bond acceptors (Lipinski definition) is 2. The summed E-state index contributed by atoms with van der Waals surface area (Å²) < 4.78 is 5.04. The molecule has 17 heavy (non-hydrogen) atoms. The third-order valence-corrected chi connectivity index (χ3v) is 2.45. The largest absolute Gasteiger partial charge is 0.447 e. The first kappa shape index (κ1) is 13.8. The van der Waals surface area contributed by atoms with Gasteiger partial charge in [0.05, 0.1) is 6.10 Å². The van der Waals surface area contributed by atoms with Gasteiger partial charge in [-0.3, -0.25) is 5.32 Å². The molecule has 3 nitrogen and oxygen atoms in total. The van der Waals surface area contributed by atoms with E-state index in [1.165, 1.54) is 0 Å². The van der Waals surface area contributed by atoms with Crippen LogP contribution in [0.5, 0.6) is 0 Å². The van der Waals surface area contributed by atoms with E-state index < -0.39 is 6.09 Å². The van der Waals surface area contributed by atoms with Crippen molar-refractivity contribution in [3.05, 3.63) is 28.8 Å². The molecule has 0 heterocycles. The number of benzene rings is 1. The number of anilines is 1. The minimum atomic E-state index is -0.441. The smallest absolute Gasteiger partial charge is 0.411 e. The summed E-state index contributed by atoms with van der Waals surface area (Å²) in [5.41, 5.74) is 1.74. The highest BCUT2D eigenvalue weighted by atomic mass is 35.5. The Morgan fingerprint density at radius 2 is 1.94 bits per heavy atom. The van der Waals surface area contributed by atoms with Crippen LogP contribution in [-0.4, -0.2) is 12.2 Å². The van der Waals surface area contributed by atoms with Crippen LogP contribution >= 0.6 is 11.6 Å². The zero-order valence-electron chi connectivity index (χ0n) is 10.6. The molecule has 0 radical (unpaired) electrons. The Kier molecular flexibility index (Phi) is 4.82. The van der Waals surface area contributed by atoms with Crippen molar-refractivity contribution in [1.29, 1.82) is 0 Å². The van der Waals surface area contributed by atoms with Crippen molar-refractivity contribution in [2.24, 2.45) is 0 Å². The Morgan fingerprint density at radius 3 is 2.47 bits per heavy atom. The molecule has 0 aromatic heterocycles. The van der Waals surface area contributed by atoms with Gasteiger partial charge in [-0.05, 0) is 43.5 Å². The molecule has 0 saturated heterocycles. The summed E-state index contributed by atoms with van der Waals surface area (Å²) in [6.45, 7) is 7.71. The quantitative estimate of drug-likeness (QED) is 0.868. The summed E-state index contributed by atoms with van der Waals surface area (Å²) in [4.78, 5) is 11.5. The topological polar surface area (TPSA) is 38.3 Å². The van der Waals surface area contributed by atoms with Crippen LogP contribution in [0.25, 0.3) is 0 Å². The maximum atomic E-state index is 11.5. The highest BCUT2D eigenvalue weighted by Gasteiger charge is 2.11. The minimum Gasteiger partial charge on any atom is -0.447 e. The van der Waals surface area contributed by atoms with Gasteiger partial charge in [-0.1, -0.05) is 25.4 Å². The monoisotopic (exact) mass is 255 g/mol. The summed E-state index contributed by atoms with van der Waals surface area (Å²) in [6.07, 6.45) is -0.575. The molecule has 94 valence electrons. The van der Waals surface area contributed by atoms with Crippen LogP contribution in [0.3, 0.4) is 0 Å². The van der Waals surface area contributed by atoms with Crippen molar-refractivity contribution < 1.29 is 9.53 Å². The molecule has 0 saturated carbocycles. The van der Waals surface area contributed by atoms with Crippen molar-refractivity contribution in [3.8, 4) is 0 Å². The van der Waals surface area contributed by atoms with E-state index in [0.717, 1.165) is 11.3 Å². The molecule has 1 rings (SSSR count). The lowest BCUT2D eigenvalue weighted by molar-refractivity contribution is 0.130. The fourth-order valence-electron chi connectivity index (χ4n) is 1.48. The second-order valence-corrected chi connectivity index (χ2v) is 4.90. The summed E-state index contributed by atoms with van der Waals surface area (Å²) in [5, 5.41) is 3.39. The Labute approximate surface area is 107 Å². The molecule has 1 amide bonds. The molecular weight excluding hydrogens is 238 g/mol. The van der Waals surface area contributed by atoms with Crippen molar-refractivity contribution in [2.75, 3.05) is 5.32 Å². The van der Waals surface area contributed by atoms with E-state index in [1.54, 1.807) is 12.1 Å². The fourth-order valence-corrected chi connectivity index (χ4v) is 1.66. The Balaban J connectivity index is 2.87. The van der Waals surface area contributed by atoms with Gasteiger partial charge in [0.15, 0.2) is 0 Å². The van der Waals surface area contributed by atoms with Gasteiger partial charge in [-0.15, -0.1) is 0 Å². The lowest BCUT2D eigenvalue weighted by Crippen LogP contribution is -2.19. The highest BCUT2D eigenvalue weighted by molar-refractivity contribution is 6.30. The highest BCUT2D eigenvalue weighted by Crippen LogP contribution is 2.27. The molecule has 1 N–H and O–H groups in total. The Hall–Kier alpha value is -1.22. The normalized spacial score (nSPS) is 10.8. The second kappa shape index (κ2) is 5.92. The molecule has 0 fully saturated rings. The number of hydrogen-bond donors (Lipinski definition) is 1. The number of nitrogens with one attached hydrogen (secondary N) is 1. The average Bonchev–Trinajstić information content (AvgIpc) is 2.19. The summed E-state index contributed by atoms with van der Waals surface area (Å²) >= 11 is 5.94. The average molecular weight is 256 g/mol. The number of carbonyl (C=O) groups excluding carboxylic acids is 1. The second-order valence-electron chi connectivity index (χ2n) is 4.47. The van der Waals surface area contributed by atoms with Crippen LogP contribution in [0, 0.1) is 0 Å². The van der Waals surface area contributed by atoms with Crippen molar-refractivity contribution in [3.63, 3.8) is 0 Å². The van der Waals surface area contributed by atoms with Gasteiger partial charge in [0, 0.05) is 10.7 Å². The number of rotatable bonds is 3. The van der Waals surface area contributed by atoms with E-state index in [2.05, 4.69) is 5.32 Å². The lowest BCUT2D eigenvalue weighted by Gasteiger charge is -2.15. The maximum absolute atomic E-state index is 11.5. The van der Waals surface area contributed by atoms with E-state index >= 15 is 0 Å². The third-order valence-electron chi connectivity index (χ3n) is 2.22. The predicted octanol–water partition coefficient (Wildman–Crippen LogP) is 4.42. The predicted molar refractivity (Wildman–Crippen MR) is 70.8 cm³/mol. The number of ether oxygens (including phenoxy) is 1. The molecule has 0 spiro atoms. The molecule has 0 aliphatic rings. The standard InChI is InChI=1S/C13H18ClNO2/c1-8(2)11-7-10(14)5-6-12(11)15-13(16)17-9(3)4/h5-9H,1-4H3,(H,15,16). The van der Waals surface area contributed by atoms with Crippen molar-refractivity contribution >= 4 is 23.4 Å². The fraction of sp³-hybridized carbons (Fsp3) is 0.462. The summed E-state index contributed by atoms with van der Waals surface area (Å²) in [7, 11) is 0. The van der Waals surface area contributed by atoms with Crippen molar-refractivity contribution in [2.45, 2.75) is 39.7 Å².